The van der Waals surface area contributed by atoms with Gasteiger partial charge in [0.15, 0.2) is 0 Å². The first-order valence-corrected chi connectivity index (χ1v) is 8.94. The summed E-state index contributed by atoms with van der Waals surface area (Å²) in [6.07, 6.45) is 4.45. The van der Waals surface area contributed by atoms with Gasteiger partial charge in [0.05, 0.1) is 5.41 Å². The number of hydrogen-bond acceptors (Lipinski definition) is 3. The van der Waals surface area contributed by atoms with Crippen LogP contribution in [0.3, 0.4) is 0 Å². The summed E-state index contributed by atoms with van der Waals surface area (Å²) in [4.78, 5) is 24.9. The molecule has 0 bridgehead atoms. The molecular formula is C19H27N3O2. The monoisotopic (exact) mass is 329 g/mol. The van der Waals surface area contributed by atoms with Crippen LogP contribution in [0.4, 0.5) is 5.69 Å². The Labute approximate surface area is 143 Å². The van der Waals surface area contributed by atoms with Gasteiger partial charge in [-0.2, -0.15) is 0 Å². The number of carbonyl (C=O) groups excluding carboxylic acids is 2. The van der Waals surface area contributed by atoms with Crippen molar-refractivity contribution in [2.75, 3.05) is 18.4 Å². The molecule has 1 aliphatic carbocycles. The number of benzene rings is 1. The number of fused-ring (bicyclic) bond motifs is 1. The molecule has 0 spiro atoms. The van der Waals surface area contributed by atoms with Crippen molar-refractivity contribution in [2.24, 2.45) is 11.3 Å². The molecule has 1 saturated carbocycles. The molecule has 2 atom stereocenters. The molecule has 1 aromatic rings. The maximum absolute atomic E-state index is 12.9. The zero-order chi connectivity index (χ0) is 17.2. The van der Waals surface area contributed by atoms with Gasteiger partial charge in [-0.1, -0.05) is 12.8 Å². The van der Waals surface area contributed by atoms with E-state index in [4.69, 9.17) is 0 Å². The SMILES string of the molecule is CC(C)NC(=O)c1ccc(NC(=O)[C@@]23CCCC[C@H]2CNC3)cc1. The molecule has 2 aliphatic rings. The first-order chi connectivity index (χ1) is 11.5. The summed E-state index contributed by atoms with van der Waals surface area (Å²) >= 11 is 0. The maximum Gasteiger partial charge on any atom is 0.251 e. The average molecular weight is 329 g/mol. The van der Waals surface area contributed by atoms with Crippen molar-refractivity contribution in [3.8, 4) is 0 Å². The largest absolute Gasteiger partial charge is 0.350 e. The fourth-order valence-electron chi connectivity index (χ4n) is 4.00. The Kier molecular flexibility index (Phi) is 4.90. The van der Waals surface area contributed by atoms with Crippen LogP contribution in [-0.2, 0) is 4.79 Å². The Morgan fingerprint density at radius 3 is 2.67 bits per heavy atom. The molecule has 24 heavy (non-hydrogen) atoms. The fourth-order valence-corrected chi connectivity index (χ4v) is 4.00. The van der Waals surface area contributed by atoms with E-state index in [0.717, 1.165) is 38.0 Å². The molecule has 3 N–H and O–H groups in total. The lowest BCUT2D eigenvalue weighted by molar-refractivity contribution is -0.128. The third kappa shape index (κ3) is 3.31. The highest BCUT2D eigenvalue weighted by Gasteiger charge is 2.49. The minimum absolute atomic E-state index is 0.0891. The van der Waals surface area contributed by atoms with Crippen LogP contribution in [0, 0.1) is 11.3 Å². The summed E-state index contributed by atoms with van der Waals surface area (Å²) in [5.41, 5.74) is 1.11. The summed E-state index contributed by atoms with van der Waals surface area (Å²) < 4.78 is 0. The van der Waals surface area contributed by atoms with Gasteiger partial charge < -0.3 is 16.0 Å². The van der Waals surface area contributed by atoms with Crippen LogP contribution in [0.1, 0.15) is 49.9 Å². The molecule has 1 heterocycles. The molecule has 3 rings (SSSR count). The molecule has 2 amide bonds. The predicted octanol–water partition coefficient (Wildman–Crippen LogP) is 2.54. The zero-order valence-corrected chi connectivity index (χ0v) is 14.5. The highest BCUT2D eigenvalue weighted by Crippen LogP contribution is 2.44. The zero-order valence-electron chi connectivity index (χ0n) is 14.5. The first kappa shape index (κ1) is 17.0. The molecule has 1 aliphatic heterocycles. The van der Waals surface area contributed by atoms with E-state index < -0.39 is 0 Å². The van der Waals surface area contributed by atoms with E-state index in [2.05, 4.69) is 16.0 Å². The van der Waals surface area contributed by atoms with Gasteiger partial charge in [-0.25, -0.2) is 0 Å². The van der Waals surface area contributed by atoms with Crippen LogP contribution in [0.2, 0.25) is 0 Å². The number of rotatable bonds is 4. The predicted molar refractivity (Wildman–Crippen MR) is 94.9 cm³/mol. The second-order valence-electron chi connectivity index (χ2n) is 7.39. The number of hydrogen-bond donors (Lipinski definition) is 3. The second-order valence-corrected chi connectivity index (χ2v) is 7.39. The fraction of sp³-hybridized carbons (Fsp3) is 0.579. The van der Waals surface area contributed by atoms with Crippen molar-refractivity contribution in [2.45, 2.75) is 45.6 Å². The number of nitrogens with one attached hydrogen (secondary N) is 3. The number of carbonyl (C=O) groups is 2. The minimum atomic E-state index is -0.258. The maximum atomic E-state index is 12.9. The molecule has 5 heteroatoms. The van der Waals surface area contributed by atoms with Gasteiger partial charge in [0, 0.05) is 23.8 Å². The van der Waals surface area contributed by atoms with Crippen molar-refractivity contribution in [1.29, 1.82) is 0 Å². The van der Waals surface area contributed by atoms with Gasteiger partial charge >= 0.3 is 0 Å². The van der Waals surface area contributed by atoms with Gasteiger partial charge in [0.2, 0.25) is 5.91 Å². The lowest BCUT2D eigenvalue weighted by atomic mass is 9.67. The number of amides is 2. The quantitative estimate of drug-likeness (QED) is 0.795. The Morgan fingerprint density at radius 1 is 1.21 bits per heavy atom. The molecule has 130 valence electrons. The van der Waals surface area contributed by atoms with Crippen molar-refractivity contribution < 1.29 is 9.59 Å². The van der Waals surface area contributed by atoms with Crippen LogP contribution in [0.5, 0.6) is 0 Å². The molecule has 2 fully saturated rings. The lowest BCUT2D eigenvalue weighted by Crippen LogP contribution is -2.44. The van der Waals surface area contributed by atoms with Crippen LogP contribution < -0.4 is 16.0 Å². The van der Waals surface area contributed by atoms with Crippen LogP contribution in [-0.4, -0.2) is 30.9 Å². The van der Waals surface area contributed by atoms with E-state index in [-0.39, 0.29) is 23.3 Å². The second kappa shape index (κ2) is 6.93. The molecule has 1 aromatic carbocycles. The Balaban J connectivity index is 1.67. The standard InChI is InChI=1S/C19H27N3O2/c1-13(2)21-17(23)14-6-8-16(9-7-14)22-18(24)19-10-4-3-5-15(19)11-20-12-19/h6-9,13,15,20H,3-5,10-12H2,1-2H3,(H,21,23)(H,22,24)/t15-,19+/m0/s1. The molecule has 1 saturated heterocycles. The first-order valence-electron chi connectivity index (χ1n) is 8.94. The van der Waals surface area contributed by atoms with Crippen molar-refractivity contribution >= 4 is 17.5 Å². The van der Waals surface area contributed by atoms with Crippen LogP contribution in [0.25, 0.3) is 0 Å². The van der Waals surface area contributed by atoms with E-state index >= 15 is 0 Å². The minimum Gasteiger partial charge on any atom is -0.350 e. The van der Waals surface area contributed by atoms with Gasteiger partial charge in [-0.05, 0) is 63.4 Å². The van der Waals surface area contributed by atoms with E-state index in [9.17, 15) is 9.59 Å². The highest BCUT2D eigenvalue weighted by molar-refractivity contribution is 5.98. The third-order valence-corrected chi connectivity index (χ3v) is 5.32. The van der Waals surface area contributed by atoms with E-state index in [0.29, 0.717) is 11.5 Å². The van der Waals surface area contributed by atoms with Crippen molar-refractivity contribution in [3.05, 3.63) is 29.8 Å². The summed E-state index contributed by atoms with van der Waals surface area (Å²) in [6.45, 7) is 5.59. The normalized spacial score (nSPS) is 26.0. The van der Waals surface area contributed by atoms with Gasteiger partial charge in [0.1, 0.15) is 0 Å². The van der Waals surface area contributed by atoms with E-state index in [1.807, 2.05) is 26.0 Å². The van der Waals surface area contributed by atoms with Gasteiger partial charge in [-0.3, -0.25) is 9.59 Å². The summed E-state index contributed by atoms with van der Waals surface area (Å²) in [6, 6.07) is 7.24. The molecular weight excluding hydrogens is 302 g/mol. The summed E-state index contributed by atoms with van der Waals surface area (Å²) in [5, 5.41) is 9.34. The molecule has 0 unspecified atom stereocenters. The molecule has 0 aromatic heterocycles. The van der Waals surface area contributed by atoms with Crippen LogP contribution >= 0.6 is 0 Å². The Bertz CT molecular complexity index is 612. The lowest BCUT2D eigenvalue weighted by Gasteiger charge is -2.37. The van der Waals surface area contributed by atoms with E-state index in [1.165, 1.54) is 6.42 Å². The molecule has 0 radical (unpaired) electrons. The highest BCUT2D eigenvalue weighted by atomic mass is 16.2. The average Bonchev–Trinajstić information content (AvgIpc) is 3.00. The topological polar surface area (TPSA) is 70.2 Å². The number of anilines is 1. The molecule has 5 nitrogen and oxygen atoms in total. The van der Waals surface area contributed by atoms with Gasteiger partial charge in [-0.15, -0.1) is 0 Å². The van der Waals surface area contributed by atoms with Crippen molar-refractivity contribution in [3.63, 3.8) is 0 Å². The summed E-state index contributed by atoms with van der Waals surface area (Å²) in [7, 11) is 0. The Hall–Kier alpha value is -1.88. The smallest absolute Gasteiger partial charge is 0.251 e. The van der Waals surface area contributed by atoms with Crippen molar-refractivity contribution in [1.82, 2.24) is 10.6 Å². The van der Waals surface area contributed by atoms with E-state index in [1.54, 1.807) is 12.1 Å². The third-order valence-electron chi connectivity index (χ3n) is 5.32. The van der Waals surface area contributed by atoms with Crippen LogP contribution in [0.15, 0.2) is 24.3 Å². The van der Waals surface area contributed by atoms with Gasteiger partial charge in [0.25, 0.3) is 5.91 Å². The Morgan fingerprint density at radius 2 is 1.96 bits per heavy atom. The summed E-state index contributed by atoms with van der Waals surface area (Å²) in [5.74, 6) is 0.479.